The maximum Gasteiger partial charge on any atom is 0.272 e. The molecule has 0 saturated heterocycles. The molecule has 0 bridgehead atoms. The van der Waals surface area contributed by atoms with Crippen LogP contribution in [0, 0.1) is 6.92 Å². The Balaban J connectivity index is 2.30. The Labute approximate surface area is 172 Å². The molecular weight excluding hydrogens is 392 g/mol. The second kappa shape index (κ2) is 9.23. The summed E-state index contributed by atoms with van der Waals surface area (Å²) in [5, 5.41) is 5.55. The minimum absolute atomic E-state index is 0.0783. The molecule has 2 amide bonds. The van der Waals surface area contributed by atoms with Crippen molar-refractivity contribution in [2.75, 3.05) is 23.7 Å². The first-order chi connectivity index (χ1) is 13.6. The third-order valence-electron chi connectivity index (χ3n) is 4.65. The molecule has 0 aliphatic rings. The minimum atomic E-state index is -3.66. The van der Waals surface area contributed by atoms with Crippen molar-refractivity contribution >= 4 is 33.2 Å². The SMILES string of the molecule is CCC(=O)Nc1ccc(C)c(NC(=O)c2cc(S(=O)(=O)N(CC)CC)cn2C)c1. The molecule has 0 atom stereocenters. The van der Waals surface area contributed by atoms with Gasteiger partial charge in [-0.25, -0.2) is 8.42 Å². The Morgan fingerprint density at radius 2 is 1.72 bits per heavy atom. The number of hydrogen-bond donors (Lipinski definition) is 2. The van der Waals surface area contributed by atoms with Gasteiger partial charge in [0.2, 0.25) is 15.9 Å². The van der Waals surface area contributed by atoms with Gasteiger partial charge in [-0.05, 0) is 30.7 Å². The van der Waals surface area contributed by atoms with Crippen LogP contribution in [0.4, 0.5) is 11.4 Å². The molecule has 1 aromatic heterocycles. The van der Waals surface area contributed by atoms with Crippen LogP contribution in [-0.2, 0) is 21.9 Å². The smallest absolute Gasteiger partial charge is 0.272 e. The summed E-state index contributed by atoms with van der Waals surface area (Å²) >= 11 is 0. The van der Waals surface area contributed by atoms with E-state index in [1.54, 1.807) is 46.0 Å². The molecule has 2 aromatic rings. The van der Waals surface area contributed by atoms with Crippen LogP contribution in [0.2, 0.25) is 0 Å². The Bertz CT molecular complexity index is 1010. The van der Waals surface area contributed by atoms with E-state index in [0.717, 1.165) is 5.56 Å². The first kappa shape index (κ1) is 22.6. The minimum Gasteiger partial charge on any atom is -0.345 e. The summed E-state index contributed by atoms with van der Waals surface area (Å²) in [5.74, 6) is -0.560. The Kier molecular flexibility index (Phi) is 7.21. The average Bonchev–Trinajstić information content (AvgIpc) is 3.07. The summed E-state index contributed by atoms with van der Waals surface area (Å²) in [6, 6.07) is 6.61. The monoisotopic (exact) mass is 420 g/mol. The maximum absolute atomic E-state index is 12.8. The quantitative estimate of drug-likeness (QED) is 0.686. The number of aryl methyl sites for hydroxylation is 2. The number of amides is 2. The molecule has 0 aliphatic carbocycles. The second-order valence-electron chi connectivity index (χ2n) is 6.65. The van der Waals surface area contributed by atoms with Gasteiger partial charge in [0.15, 0.2) is 0 Å². The van der Waals surface area contributed by atoms with Gasteiger partial charge in [0.25, 0.3) is 5.91 Å². The van der Waals surface area contributed by atoms with Gasteiger partial charge >= 0.3 is 0 Å². The van der Waals surface area contributed by atoms with E-state index < -0.39 is 15.9 Å². The number of aromatic nitrogens is 1. The summed E-state index contributed by atoms with van der Waals surface area (Å²) < 4.78 is 28.3. The van der Waals surface area contributed by atoms with Gasteiger partial charge < -0.3 is 15.2 Å². The second-order valence-corrected chi connectivity index (χ2v) is 8.58. The number of rotatable bonds is 8. The predicted molar refractivity (Wildman–Crippen MR) is 114 cm³/mol. The molecule has 158 valence electrons. The van der Waals surface area contributed by atoms with Gasteiger partial charge in [0.05, 0.1) is 0 Å². The molecular formula is C20H28N4O4S. The number of benzene rings is 1. The number of sulfonamides is 1. The van der Waals surface area contributed by atoms with Crippen LogP contribution < -0.4 is 10.6 Å². The molecule has 8 nitrogen and oxygen atoms in total. The zero-order valence-corrected chi connectivity index (χ0v) is 18.3. The predicted octanol–water partition coefficient (Wildman–Crippen LogP) is 2.96. The van der Waals surface area contributed by atoms with Crippen molar-refractivity contribution in [3.63, 3.8) is 0 Å². The third-order valence-corrected chi connectivity index (χ3v) is 6.66. The van der Waals surface area contributed by atoms with Crippen molar-refractivity contribution in [1.29, 1.82) is 0 Å². The molecule has 1 heterocycles. The van der Waals surface area contributed by atoms with Crippen molar-refractivity contribution in [3.8, 4) is 0 Å². The standard InChI is InChI=1S/C20H28N4O4S/c1-6-19(25)21-15-10-9-14(4)17(11-15)22-20(26)18-12-16(13-23(18)5)29(27,28)24(7-2)8-3/h9-13H,6-8H2,1-5H3,(H,21,25)(H,22,26). The molecule has 9 heteroatoms. The van der Waals surface area contributed by atoms with E-state index >= 15 is 0 Å². The number of carbonyl (C=O) groups is 2. The van der Waals surface area contributed by atoms with Gasteiger partial charge in [-0.2, -0.15) is 4.31 Å². The zero-order chi connectivity index (χ0) is 21.8. The molecule has 2 rings (SSSR count). The molecule has 29 heavy (non-hydrogen) atoms. The first-order valence-corrected chi connectivity index (χ1v) is 11.0. The number of carbonyl (C=O) groups excluding carboxylic acids is 2. The topological polar surface area (TPSA) is 101 Å². The molecule has 0 fully saturated rings. The zero-order valence-electron chi connectivity index (χ0n) is 17.4. The fourth-order valence-electron chi connectivity index (χ4n) is 2.88. The molecule has 0 spiro atoms. The third kappa shape index (κ3) is 5.04. The Hall–Kier alpha value is -2.65. The number of anilines is 2. The van der Waals surface area contributed by atoms with E-state index in [4.69, 9.17) is 0 Å². The first-order valence-electron chi connectivity index (χ1n) is 9.52. The molecule has 0 radical (unpaired) electrons. The highest BCUT2D eigenvalue weighted by molar-refractivity contribution is 7.89. The Morgan fingerprint density at radius 3 is 2.31 bits per heavy atom. The van der Waals surface area contributed by atoms with Gasteiger partial charge in [-0.15, -0.1) is 0 Å². The van der Waals surface area contributed by atoms with Crippen LogP contribution in [0.3, 0.4) is 0 Å². The lowest BCUT2D eigenvalue weighted by Gasteiger charge is -2.17. The number of hydrogen-bond acceptors (Lipinski definition) is 4. The van der Waals surface area contributed by atoms with Crippen LogP contribution in [-0.4, -0.2) is 42.2 Å². The number of nitrogens with one attached hydrogen (secondary N) is 2. The summed E-state index contributed by atoms with van der Waals surface area (Å²) in [7, 11) is -2.03. The highest BCUT2D eigenvalue weighted by Crippen LogP contribution is 2.23. The number of nitrogens with zero attached hydrogens (tertiary/aromatic N) is 2. The summed E-state index contributed by atoms with van der Waals surface area (Å²) in [6.07, 6.45) is 1.79. The van der Waals surface area contributed by atoms with Gasteiger partial charge in [0, 0.05) is 44.1 Å². The van der Waals surface area contributed by atoms with E-state index in [9.17, 15) is 18.0 Å². The highest BCUT2D eigenvalue weighted by Gasteiger charge is 2.25. The van der Waals surface area contributed by atoms with Gasteiger partial charge in [-0.1, -0.05) is 26.8 Å². The van der Waals surface area contributed by atoms with Gasteiger partial charge in [-0.3, -0.25) is 9.59 Å². The molecule has 2 N–H and O–H groups in total. The summed E-state index contributed by atoms with van der Waals surface area (Å²) in [6.45, 7) is 7.83. The van der Waals surface area contributed by atoms with Crippen molar-refractivity contribution < 1.29 is 18.0 Å². The normalized spacial score (nSPS) is 11.5. The Morgan fingerprint density at radius 1 is 1.07 bits per heavy atom. The van der Waals surface area contributed by atoms with E-state index in [1.807, 2.05) is 6.92 Å². The fourth-order valence-corrected chi connectivity index (χ4v) is 4.41. The molecule has 0 aliphatic heterocycles. The largest absolute Gasteiger partial charge is 0.345 e. The van der Waals surface area contributed by atoms with Crippen LogP contribution >= 0.6 is 0 Å². The van der Waals surface area contributed by atoms with E-state index in [-0.39, 0.29) is 16.5 Å². The van der Waals surface area contributed by atoms with Gasteiger partial charge in [0.1, 0.15) is 10.6 Å². The fraction of sp³-hybridized carbons (Fsp3) is 0.400. The van der Waals surface area contributed by atoms with Crippen LogP contribution in [0.15, 0.2) is 35.4 Å². The van der Waals surface area contributed by atoms with Crippen molar-refractivity contribution in [2.24, 2.45) is 7.05 Å². The van der Waals surface area contributed by atoms with E-state index in [2.05, 4.69) is 10.6 Å². The lowest BCUT2D eigenvalue weighted by molar-refractivity contribution is -0.115. The van der Waals surface area contributed by atoms with Crippen molar-refractivity contribution in [3.05, 3.63) is 41.7 Å². The summed E-state index contributed by atoms with van der Waals surface area (Å²) in [5.41, 5.74) is 2.16. The highest BCUT2D eigenvalue weighted by atomic mass is 32.2. The lowest BCUT2D eigenvalue weighted by Crippen LogP contribution is -2.30. The van der Waals surface area contributed by atoms with Crippen molar-refractivity contribution in [1.82, 2.24) is 8.87 Å². The van der Waals surface area contributed by atoms with Crippen molar-refractivity contribution in [2.45, 2.75) is 39.0 Å². The maximum atomic E-state index is 12.8. The van der Waals surface area contributed by atoms with Crippen LogP contribution in [0.5, 0.6) is 0 Å². The van der Waals surface area contributed by atoms with Crippen LogP contribution in [0.1, 0.15) is 43.2 Å². The molecule has 0 unspecified atom stereocenters. The molecule has 0 saturated carbocycles. The summed E-state index contributed by atoms with van der Waals surface area (Å²) in [4.78, 5) is 24.5. The molecule has 1 aromatic carbocycles. The average molecular weight is 421 g/mol. The van der Waals surface area contributed by atoms with E-state index in [1.165, 1.54) is 21.1 Å². The lowest BCUT2D eigenvalue weighted by atomic mass is 10.1. The van der Waals surface area contributed by atoms with Crippen LogP contribution in [0.25, 0.3) is 0 Å². The van der Waals surface area contributed by atoms with E-state index in [0.29, 0.717) is 30.9 Å².